The molecule has 1 aliphatic heterocycles. The first-order valence-electron chi connectivity index (χ1n) is 10.9. The number of fused-ring (bicyclic) bond motifs is 1. The fraction of sp³-hybridized carbons (Fsp3) is 0.652. The highest BCUT2D eigenvalue weighted by Crippen LogP contribution is 2.30. The van der Waals surface area contributed by atoms with Crippen molar-refractivity contribution >= 4 is 17.5 Å². The van der Waals surface area contributed by atoms with Gasteiger partial charge in [0.25, 0.3) is 5.91 Å². The average molecular weight is 435 g/mol. The fourth-order valence-electron chi connectivity index (χ4n) is 3.66. The van der Waals surface area contributed by atoms with Gasteiger partial charge >= 0.3 is 0 Å². The van der Waals surface area contributed by atoms with Crippen molar-refractivity contribution in [1.82, 2.24) is 14.7 Å². The summed E-state index contributed by atoms with van der Waals surface area (Å²) in [5.74, 6) is 0.310. The summed E-state index contributed by atoms with van der Waals surface area (Å²) in [6.07, 6.45) is 1.06. The maximum atomic E-state index is 13.4. The molecule has 1 heterocycles. The maximum absolute atomic E-state index is 13.4. The normalized spacial score (nSPS) is 20.2. The van der Waals surface area contributed by atoms with Gasteiger partial charge < -0.3 is 29.9 Å². The molecule has 0 unspecified atom stereocenters. The van der Waals surface area contributed by atoms with Crippen molar-refractivity contribution < 1.29 is 19.4 Å². The van der Waals surface area contributed by atoms with Gasteiger partial charge in [-0.05, 0) is 66.3 Å². The zero-order valence-corrected chi connectivity index (χ0v) is 19.7. The van der Waals surface area contributed by atoms with E-state index in [1.54, 1.807) is 23.1 Å². The number of aliphatic hydroxyl groups excluding tert-OH is 1. The zero-order chi connectivity index (χ0) is 23.1. The highest BCUT2D eigenvalue weighted by molar-refractivity contribution is 5.99. The third-order valence-corrected chi connectivity index (χ3v) is 5.50. The Labute approximate surface area is 186 Å². The molecule has 2 rings (SSSR count). The minimum atomic E-state index is -0.315. The van der Waals surface area contributed by atoms with Crippen LogP contribution in [0.15, 0.2) is 18.2 Å². The second kappa shape index (κ2) is 11.5. The predicted molar refractivity (Wildman–Crippen MR) is 123 cm³/mol. The van der Waals surface area contributed by atoms with Crippen LogP contribution in [0.25, 0.3) is 0 Å². The highest BCUT2D eigenvalue weighted by Gasteiger charge is 2.33. The van der Waals surface area contributed by atoms with Crippen molar-refractivity contribution in [2.45, 2.75) is 38.8 Å². The fourth-order valence-corrected chi connectivity index (χ4v) is 3.66. The summed E-state index contributed by atoms with van der Waals surface area (Å²) in [5, 5.41) is 12.6. The number of benzene rings is 1. The van der Waals surface area contributed by atoms with Gasteiger partial charge in [0, 0.05) is 31.1 Å². The summed E-state index contributed by atoms with van der Waals surface area (Å²) >= 11 is 0. The van der Waals surface area contributed by atoms with Gasteiger partial charge in [0.05, 0.1) is 18.2 Å². The molecule has 1 aromatic rings. The van der Waals surface area contributed by atoms with Crippen LogP contribution in [0.5, 0.6) is 5.75 Å². The largest absolute Gasteiger partial charge is 0.488 e. The number of carbonyl (C=O) groups excluding carboxylic acids is 2. The standard InChI is InChI=1S/C23H38N4O4/c1-16-13-27(17(2)15-28)23(30)19-12-18(24-22(29)8-7-11-25(3)4)9-10-20(19)31-21(16)14-26(5)6/h9-10,12,16-17,21,28H,7-8,11,13-15H2,1-6H3,(H,24,29)/t16-,17-,21-/m0/s1. The highest BCUT2D eigenvalue weighted by atomic mass is 16.5. The number of aliphatic hydroxyl groups is 1. The minimum Gasteiger partial charge on any atom is -0.488 e. The lowest BCUT2D eigenvalue weighted by Gasteiger charge is -2.37. The Kier molecular flexibility index (Phi) is 9.28. The molecule has 8 heteroatoms. The van der Waals surface area contributed by atoms with E-state index in [2.05, 4.69) is 17.1 Å². The quantitative estimate of drug-likeness (QED) is 0.616. The van der Waals surface area contributed by atoms with Crippen LogP contribution in [0.3, 0.4) is 0 Å². The lowest BCUT2D eigenvalue weighted by molar-refractivity contribution is -0.116. The summed E-state index contributed by atoms with van der Waals surface area (Å²) in [6, 6.07) is 4.89. The van der Waals surface area contributed by atoms with Crippen LogP contribution in [-0.2, 0) is 4.79 Å². The Bertz CT molecular complexity index is 753. The molecule has 8 nitrogen and oxygen atoms in total. The van der Waals surface area contributed by atoms with E-state index >= 15 is 0 Å². The van der Waals surface area contributed by atoms with Crippen molar-refractivity contribution in [2.75, 3.05) is 59.7 Å². The Balaban J connectivity index is 2.30. The topological polar surface area (TPSA) is 85.3 Å². The first-order valence-corrected chi connectivity index (χ1v) is 10.9. The molecule has 0 spiro atoms. The van der Waals surface area contributed by atoms with Crippen LogP contribution >= 0.6 is 0 Å². The van der Waals surface area contributed by atoms with Crippen LogP contribution < -0.4 is 10.1 Å². The second-order valence-corrected chi connectivity index (χ2v) is 9.05. The van der Waals surface area contributed by atoms with E-state index in [1.165, 1.54) is 0 Å². The number of hydrogen-bond donors (Lipinski definition) is 2. The van der Waals surface area contributed by atoms with Crippen molar-refractivity contribution in [3.63, 3.8) is 0 Å². The average Bonchev–Trinajstić information content (AvgIpc) is 2.69. The van der Waals surface area contributed by atoms with Crippen molar-refractivity contribution in [3.8, 4) is 5.75 Å². The molecule has 0 fully saturated rings. The van der Waals surface area contributed by atoms with E-state index in [0.717, 1.165) is 13.0 Å². The summed E-state index contributed by atoms with van der Waals surface area (Å²) in [7, 11) is 7.93. The molecule has 1 aromatic carbocycles. The van der Waals surface area contributed by atoms with Gasteiger partial charge in [0.2, 0.25) is 5.91 Å². The summed E-state index contributed by atoms with van der Waals surface area (Å²) in [6.45, 7) is 5.81. The van der Waals surface area contributed by atoms with Crippen LogP contribution in [0.4, 0.5) is 5.69 Å². The van der Waals surface area contributed by atoms with Gasteiger partial charge in [-0.1, -0.05) is 6.92 Å². The third-order valence-electron chi connectivity index (χ3n) is 5.50. The van der Waals surface area contributed by atoms with Crippen LogP contribution in [0.2, 0.25) is 0 Å². The Hall–Kier alpha value is -2.16. The number of nitrogens with one attached hydrogen (secondary N) is 1. The number of hydrogen-bond acceptors (Lipinski definition) is 6. The molecular weight excluding hydrogens is 396 g/mol. The van der Waals surface area contributed by atoms with Crippen LogP contribution in [0.1, 0.15) is 37.0 Å². The SMILES string of the molecule is C[C@H]1CN([C@@H](C)CO)C(=O)c2cc(NC(=O)CCCN(C)C)ccc2O[C@H]1CN(C)C. The number of anilines is 1. The smallest absolute Gasteiger partial charge is 0.258 e. The van der Waals surface area contributed by atoms with Gasteiger partial charge in [-0.2, -0.15) is 0 Å². The molecule has 31 heavy (non-hydrogen) atoms. The van der Waals surface area contributed by atoms with E-state index in [4.69, 9.17) is 4.74 Å². The first kappa shape index (κ1) is 25.1. The summed E-state index contributed by atoms with van der Waals surface area (Å²) < 4.78 is 6.27. The summed E-state index contributed by atoms with van der Waals surface area (Å²) in [4.78, 5) is 31.5. The van der Waals surface area contributed by atoms with Gasteiger partial charge in [0.15, 0.2) is 0 Å². The van der Waals surface area contributed by atoms with Gasteiger partial charge in [-0.15, -0.1) is 0 Å². The molecule has 174 valence electrons. The minimum absolute atomic E-state index is 0.0827. The monoisotopic (exact) mass is 434 g/mol. The van der Waals surface area contributed by atoms with Crippen LogP contribution in [-0.4, -0.2) is 98.2 Å². The number of nitrogens with zero attached hydrogens (tertiary/aromatic N) is 3. The Morgan fingerprint density at radius 2 is 2.00 bits per heavy atom. The number of amides is 2. The predicted octanol–water partition coefficient (Wildman–Crippen LogP) is 1.75. The number of rotatable bonds is 9. The molecule has 1 aliphatic rings. The van der Waals surface area contributed by atoms with Crippen molar-refractivity contribution in [3.05, 3.63) is 23.8 Å². The first-order chi connectivity index (χ1) is 14.6. The van der Waals surface area contributed by atoms with E-state index in [1.807, 2.05) is 40.0 Å². The Morgan fingerprint density at radius 3 is 2.61 bits per heavy atom. The van der Waals surface area contributed by atoms with Crippen LogP contribution in [0, 0.1) is 5.92 Å². The molecular formula is C23H38N4O4. The van der Waals surface area contributed by atoms with Crippen molar-refractivity contribution in [1.29, 1.82) is 0 Å². The molecule has 0 radical (unpaired) electrons. The van der Waals surface area contributed by atoms with E-state index in [-0.39, 0.29) is 36.5 Å². The second-order valence-electron chi connectivity index (χ2n) is 9.05. The molecule has 0 aromatic heterocycles. The molecule has 0 saturated heterocycles. The lowest BCUT2D eigenvalue weighted by atomic mass is 9.99. The van der Waals surface area contributed by atoms with E-state index in [0.29, 0.717) is 36.5 Å². The maximum Gasteiger partial charge on any atom is 0.258 e. The van der Waals surface area contributed by atoms with Gasteiger partial charge in [-0.25, -0.2) is 0 Å². The number of carbonyl (C=O) groups is 2. The van der Waals surface area contributed by atoms with E-state index in [9.17, 15) is 14.7 Å². The molecule has 0 saturated carbocycles. The zero-order valence-electron chi connectivity index (χ0n) is 19.7. The summed E-state index contributed by atoms with van der Waals surface area (Å²) in [5.41, 5.74) is 0.974. The number of ether oxygens (including phenoxy) is 1. The van der Waals surface area contributed by atoms with Crippen molar-refractivity contribution in [2.24, 2.45) is 5.92 Å². The third kappa shape index (κ3) is 7.19. The van der Waals surface area contributed by atoms with Gasteiger partial charge in [-0.3, -0.25) is 9.59 Å². The number of likely N-dealkylation sites (N-methyl/N-ethyl adjacent to an activating group) is 1. The Morgan fingerprint density at radius 1 is 1.29 bits per heavy atom. The lowest BCUT2D eigenvalue weighted by Crippen LogP contribution is -2.49. The van der Waals surface area contributed by atoms with E-state index < -0.39 is 0 Å². The molecule has 2 amide bonds. The molecule has 2 N–H and O–H groups in total. The molecule has 0 aliphatic carbocycles. The molecule has 3 atom stereocenters. The molecule has 0 bridgehead atoms. The van der Waals surface area contributed by atoms with Gasteiger partial charge in [0.1, 0.15) is 11.9 Å².